The molecule has 0 aromatic heterocycles. The Balaban J connectivity index is 1.97. The molecule has 0 aromatic rings. The Bertz CT molecular complexity index is 187. The number of piperazine rings is 1. The molecule has 0 aliphatic carbocycles. The zero-order chi connectivity index (χ0) is 10.0. The van der Waals surface area contributed by atoms with Gasteiger partial charge in [0.2, 0.25) is 0 Å². The van der Waals surface area contributed by atoms with Gasteiger partial charge in [0.1, 0.15) is 0 Å². The Morgan fingerprint density at radius 3 is 2.57 bits per heavy atom. The molecule has 1 atom stereocenters. The molecule has 2 fully saturated rings. The van der Waals surface area contributed by atoms with Crippen molar-refractivity contribution in [2.75, 3.05) is 32.7 Å². The number of nitrogens with one attached hydrogen (secondary N) is 2. The number of piperidine rings is 1. The molecule has 0 aromatic carbocycles. The summed E-state index contributed by atoms with van der Waals surface area (Å²) in [5, 5.41) is 6.96. The molecule has 14 heavy (non-hydrogen) atoms. The van der Waals surface area contributed by atoms with Gasteiger partial charge in [-0.2, -0.15) is 0 Å². The number of nitrogens with zero attached hydrogens (tertiary/aromatic N) is 1. The van der Waals surface area contributed by atoms with Crippen molar-refractivity contribution in [1.82, 2.24) is 15.5 Å². The zero-order valence-electron chi connectivity index (χ0n) is 9.47. The lowest BCUT2D eigenvalue weighted by Crippen LogP contribution is -2.60. The van der Waals surface area contributed by atoms with E-state index in [-0.39, 0.29) is 0 Å². The van der Waals surface area contributed by atoms with Crippen molar-refractivity contribution in [2.24, 2.45) is 0 Å². The van der Waals surface area contributed by atoms with Crippen LogP contribution < -0.4 is 10.6 Å². The van der Waals surface area contributed by atoms with E-state index in [1.165, 1.54) is 39.0 Å². The molecule has 0 unspecified atom stereocenters. The van der Waals surface area contributed by atoms with Crippen LogP contribution in [0.4, 0.5) is 0 Å². The standard InChI is InChI=1S/C11H23N3/c1-10-9-14(8-7-13-10)11(2)3-5-12-6-4-11/h10,12-13H,3-9H2,1-2H3/t10-/m1/s1. The highest BCUT2D eigenvalue weighted by Gasteiger charge is 2.34. The molecule has 3 nitrogen and oxygen atoms in total. The molecule has 3 heteroatoms. The molecule has 0 bridgehead atoms. The van der Waals surface area contributed by atoms with E-state index in [0.29, 0.717) is 11.6 Å². The maximum absolute atomic E-state index is 3.51. The van der Waals surface area contributed by atoms with Gasteiger partial charge in [0.15, 0.2) is 0 Å². The van der Waals surface area contributed by atoms with Gasteiger partial charge in [-0.25, -0.2) is 0 Å². The van der Waals surface area contributed by atoms with Crippen molar-refractivity contribution < 1.29 is 0 Å². The van der Waals surface area contributed by atoms with Crippen molar-refractivity contribution in [3.63, 3.8) is 0 Å². The molecule has 0 radical (unpaired) electrons. The lowest BCUT2D eigenvalue weighted by Gasteiger charge is -2.47. The molecule has 2 heterocycles. The van der Waals surface area contributed by atoms with Crippen LogP contribution in [0.1, 0.15) is 26.7 Å². The van der Waals surface area contributed by atoms with E-state index in [0.717, 1.165) is 6.54 Å². The number of hydrogen-bond donors (Lipinski definition) is 2. The summed E-state index contributed by atoms with van der Waals surface area (Å²) in [6.45, 7) is 10.7. The lowest BCUT2D eigenvalue weighted by molar-refractivity contribution is 0.0473. The second-order valence-corrected chi connectivity index (χ2v) is 5.05. The minimum Gasteiger partial charge on any atom is -0.317 e. The fourth-order valence-electron chi connectivity index (χ4n) is 2.70. The third kappa shape index (κ3) is 2.10. The summed E-state index contributed by atoms with van der Waals surface area (Å²) in [6, 6.07) is 0.662. The molecule has 0 amide bonds. The summed E-state index contributed by atoms with van der Waals surface area (Å²) < 4.78 is 0. The molecule has 2 saturated heterocycles. The summed E-state index contributed by atoms with van der Waals surface area (Å²) in [5.74, 6) is 0. The SMILES string of the molecule is C[C@@H]1CN(C2(C)CCNCC2)CCN1. The van der Waals surface area contributed by atoms with Crippen LogP contribution in [0.5, 0.6) is 0 Å². The highest BCUT2D eigenvalue weighted by Crippen LogP contribution is 2.26. The molecule has 2 N–H and O–H groups in total. The normalized spacial score (nSPS) is 34.3. The van der Waals surface area contributed by atoms with Crippen molar-refractivity contribution in [2.45, 2.75) is 38.3 Å². The van der Waals surface area contributed by atoms with Crippen molar-refractivity contribution in [3.05, 3.63) is 0 Å². The fraction of sp³-hybridized carbons (Fsp3) is 1.00. The van der Waals surface area contributed by atoms with Gasteiger partial charge in [0.25, 0.3) is 0 Å². The molecule has 2 aliphatic rings. The van der Waals surface area contributed by atoms with E-state index < -0.39 is 0 Å². The van der Waals surface area contributed by atoms with E-state index in [1.807, 2.05) is 0 Å². The first-order valence-electron chi connectivity index (χ1n) is 5.90. The number of hydrogen-bond acceptors (Lipinski definition) is 3. The lowest BCUT2D eigenvalue weighted by atomic mass is 9.87. The summed E-state index contributed by atoms with van der Waals surface area (Å²) >= 11 is 0. The second-order valence-electron chi connectivity index (χ2n) is 5.05. The smallest absolute Gasteiger partial charge is 0.0206 e. The van der Waals surface area contributed by atoms with Gasteiger partial charge in [-0.1, -0.05) is 0 Å². The van der Waals surface area contributed by atoms with Gasteiger partial charge in [-0.15, -0.1) is 0 Å². The fourth-order valence-corrected chi connectivity index (χ4v) is 2.70. The van der Waals surface area contributed by atoms with Gasteiger partial charge in [0, 0.05) is 31.2 Å². The molecule has 2 rings (SSSR count). The Labute approximate surface area is 87.2 Å². The van der Waals surface area contributed by atoms with Crippen LogP contribution in [-0.2, 0) is 0 Å². The maximum Gasteiger partial charge on any atom is 0.0206 e. The number of rotatable bonds is 1. The molecule has 0 spiro atoms. The first-order chi connectivity index (χ1) is 6.71. The highest BCUT2D eigenvalue weighted by atomic mass is 15.3. The van der Waals surface area contributed by atoms with E-state index in [2.05, 4.69) is 29.4 Å². The predicted octanol–water partition coefficient (Wildman–Crippen LogP) is 0.422. The maximum atomic E-state index is 3.51. The van der Waals surface area contributed by atoms with Gasteiger partial charge in [-0.05, 0) is 39.8 Å². The van der Waals surface area contributed by atoms with Crippen LogP contribution in [0.2, 0.25) is 0 Å². The minimum atomic E-state index is 0.460. The topological polar surface area (TPSA) is 27.3 Å². The first-order valence-corrected chi connectivity index (χ1v) is 5.90. The zero-order valence-corrected chi connectivity index (χ0v) is 9.47. The Morgan fingerprint density at radius 2 is 1.93 bits per heavy atom. The summed E-state index contributed by atoms with van der Waals surface area (Å²) in [4.78, 5) is 2.69. The van der Waals surface area contributed by atoms with Gasteiger partial charge >= 0.3 is 0 Å². The van der Waals surface area contributed by atoms with Gasteiger partial charge < -0.3 is 10.6 Å². The molecular weight excluding hydrogens is 174 g/mol. The van der Waals surface area contributed by atoms with Crippen molar-refractivity contribution in [3.8, 4) is 0 Å². The van der Waals surface area contributed by atoms with E-state index >= 15 is 0 Å². The van der Waals surface area contributed by atoms with Crippen LogP contribution in [0.15, 0.2) is 0 Å². The third-order valence-corrected chi connectivity index (χ3v) is 3.81. The largest absolute Gasteiger partial charge is 0.317 e. The molecule has 0 saturated carbocycles. The van der Waals surface area contributed by atoms with E-state index in [1.54, 1.807) is 0 Å². The van der Waals surface area contributed by atoms with E-state index in [9.17, 15) is 0 Å². The first kappa shape index (κ1) is 10.4. The van der Waals surface area contributed by atoms with E-state index in [4.69, 9.17) is 0 Å². The van der Waals surface area contributed by atoms with Gasteiger partial charge in [-0.3, -0.25) is 4.90 Å². The monoisotopic (exact) mass is 197 g/mol. The minimum absolute atomic E-state index is 0.460. The highest BCUT2D eigenvalue weighted by molar-refractivity contribution is 4.93. The molecular formula is C11H23N3. The van der Waals surface area contributed by atoms with Crippen LogP contribution in [0, 0.1) is 0 Å². The molecule has 82 valence electrons. The summed E-state index contributed by atoms with van der Waals surface area (Å²) in [6.07, 6.45) is 2.61. The predicted molar refractivity (Wildman–Crippen MR) is 59.5 cm³/mol. The third-order valence-electron chi connectivity index (χ3n) is 3.81. The average molecular weight is 197 g/mol. The van der Waals surface area contributed by atoms with Gasteiger partial charge in [0.05, 0.1) is 0 Å². The molecule has 2 aliphatic heterocycles. The quantitative estimate of drug-likeness (QED) is 0.638. The van der Waals surface area contributed by atoms with Crippen LogP contribution in [0.25, 0.3) is 0 Å². The van der Waals surface area contributed by atoms with Crippen molar-refractivity contribution in [1.29, 1.82) is 0 Å². The second kappa shape index (κ2) is 4.17. The van der Waals surface area contributed by atoms with Crippen molar-refractivity contribution >= 4 is 0 Å². The summed E-state index contributed by atoms with van der Waals surface area (Å²) in [5.41, 5.74) is 0.460. The van der Waals surface area contributed by atoms with Crippen LogP contribution in [-0.4, -0.2) is 49.2 Å². The Hall–Kier alpha value is -0.120. The Kier molecular flexibility index (Phi) is 3.10. The Morgan fingerprint density at radius 1 is 1.21 bits per heavy atom. The summed E-state index contributed by atoms with van der Waals surface area (Å²) in [7, 11) is 0. The van der Waals surface area contributed by atoms with Crippen LogP contribution in [0.3, 0.4) is 0 Å². The van der Waals surface area contributed by atoms with Crippen LogP contribution >= 0.6 is 0 Å². The average Bonchev–Trinajstić information content (AvgIpc) is 2.19.